The Kier molecular flexibility index (Phi) is 3.95. The Morgan fingerprint density at radius 3 is 2.92 bits per heavy atom. The molecule has 0 aliphatic carbocycles. The Morgan fingerprint density at radius 1 is 1.32 bits per heavy atom. The van der Waals surface area contributed by atoms with Gasteiger partial charge in [0.1, 0.15) is 11.3 Å². The van der Waals surface area contributed by atoms with Gasteiger partial charge in [0.05, 0.1) is 6.61 Å². The van der Waals surface area contributed by atoms with E-state index in [0.29, 0.717) is 13.0 Å². The van der Waals surface area contributed by atoms with E-state index < -0.39 is 5.54 Å². The molecule has 1 spiro atoms. The van der Waals surface area contributed by atoms with Crippen molar-refractivity contribution in [1.82, 2.24) is 15.1 Å². The number of carbonyl (C=O) groups excluding carboxylic acids is 2. The number of hydrogen-bond donors (Lipinski definition) is 1. The molecule has 3 amide bonds. The van der Waals surface area contributed by atoms with Gasteiger partial charge in [-0.3, -0.25) is 9.69 Å². The molecule has 1 aromatic rings. The van der Waals surface area contributed by atoms with Crippen LogP contribution in [0.15, 0.2) is 18.2 Å². The van der Waals surface area contributed by atoms with Gasteiger partial charge in [-0.15, -0.1) is 0 Å². The first kappa shape index (κ1) is 16.4. The van der Waals surface area contributed by atoms with Crippen LogP contribution in [0.1, 0.15) is 31.4 Å². The summed E-state index contributed by atoms with van der Waals surface area (Å²) in [6, 6.07) is 6.07. The lowest BCUT2D eigenvalue weighted by Gasteiger charge is -2.23. The number of imide groups is 1. The second-order valence-electron chi connectivity index (χ2n) is 7.60. The highest BCUT2D eigenvalue weighted by atomic mass is 16.5. The summed E-state index contributed by atoms with van der Waals surface area (Å²) >= 11 is 0. The number of ether oxygens (including phenoxy) is 1. The first-order valence-corrected chi connectivity index (χ1v) is 9.11. The Hall–Kier alpha value is -2.08. The second-order valence-corrected chi connectivity index (χ2v) is 7.60. The van der Waals surface area contributed by atoms with Crippen molar-refractivity contribution in [2.24, 2.45) is 0 Å². The Morgan fingerprint density at radius 2 is 2.16 bits per heavy atom. The molecule has 3 aliphatic rings. The van der Waals surface area contributed by atoms with Gasteiger partial charge in [-0.2, -0.15) is 0 Å². The maximum absolute atomic E-state index is 12.7. The second kappa shape index (κ2) is 6.02. The van der Waals surface area contributed by atoms with Crippen LogP contribution in [0.5, 0.6) is 5.75 Å². The number of amides is 3. The number of benzene rings is 1. The highest BCUT2D eigenvalue weighted by Gasteiger charge is 2.54. The third kappa shape index (κ3) is 2.78. The van der Waals surface area contributed by atoms with Crippen molar-refractivity contribution in [2.45, 2.75) is 44.7 Å². The van der Waals surface area contributed by atoms with Gasteiger partial charge in [0.2, 0.25) is 0 Å². The standard InChI is InChI=1S/C19H25N3O3/c1-13(2)22-17(23)19(20-18(22)24)7-9-21(12-19)8-5-14-3-4-16-15(11-14)6-10-25-16/h3-4,11,13H,5-10,12H2,1-2H3,(H,20,24)/t19-/m1/s1. The molecule has 1 N–H and O–H groups in total. The molecule has 1 atom stereocenters. The van der Waals surface area contributed by atoms with Crippen molar-refractivity contribution in [1.29, 1.82) is 0 Å². The predicted molar refractivity (Wildman–Crippen MR) is 93.6 cm³/mol. The summed E-state index contributed by atoms with van der Waals surface area (Å²) < 4.78 is 5.55. The molecule has 0 unspecified atom stereocenters. The Bertz CT molecular complexity index is 718. The van der Waals surface area contributed by atoms with Gasteiger partial charge in [0, 0.05) is 32.1 Å². The summed E-state index contributed by atoms with van der Waals surface area (Å²) in [5.74, 6) is 0.946. The van der Waals surface area contributed by atoms with E-state index in [-0.39, 0.29) is 18.0 Å². The van der Waals surface area contributed by atoms with Crippen molar-refractivity contribution >= 4 is 11.9 Å². The van der Waals surface area contributed by atoms with E-state index in [2.05, 4.69) is 28.4 Å². The van der Waals surface area contributed by atoms with E-state index in [1.807, 2.05) is 13.8 Å². The summed E-state index contributed by atoms with van der Waals surface area (Å²) in [7, 11) is 0. The number of fused-ring (bicyclic) bond motifs is 1. The maximum Gasteiger partial charge on any atom is 0.325 e. The van der Waals surface area contributed by atoms with Gasteiger partial charge in [-0.05, 0) is 43.9 Å². The number of urea groups is 1. The highest BCUT2D eigenvalue weighted by molar-refractivity contribution is 6.07. The zero-order valence-electron chi connectivity index (χ0n) is 14.9. The van der Waals surface area contributed by atoms with Crippen molar-refractivity contribution in [3.05, 3.63) is 29.3 Å². The van der Waals surface area contributed by atoms with Crippen LogP contribution >= 0.6 is 0 Å². The lowest BCUT2D eigenvalue weighted by molar-refractivity contribution is -0.132. The summed E-state index contributed by atoms with van der Waals surface area (Å²) in [5, 5.41) is 2.95. The first-order valence-electron chi connectivity index (χ1n) is 9.11. The molecule has 1 aromatic carbocycles. The van der Waals surface area contributed by atoms with Gasteiger partial charge >= 0.3 is 6.03 Å². The third-order valence-corrected chi connectivity index (χ3v) is 5.53. The molecule has 3 heterocycles. The molecule has 6 heteroatoms. The zero-order chi connectivity index (χ0) is 17.6. The van der Waals surface area contributed by atoms with Crippen LogP contribution in [0.3, 0.4) is 0 Å². The number of nitrogens with zero attached hydrogens (tertiary/aromatic N) is 2. The molecule has 2 fully saturated rings. The molecule has 2 saturated heterocycles. The molecule has 6 nitrogen and oxygen atoms in total. The fraction of sp³-hybridized carbons (Fsp3) is 0.579. The van der Waals surface area contributed by atoms with Crippen molar-refractivity contribution in [3.63, 3.8) is 0 Å². The Balaban J connectivity index is 1.38. The monoisotopic (exact) mass is 343 g/mol. The molecule has 0 saturated carbocycles. The fourth-order valence-corrected chi connectivity index (χ4v) is 4.15. The number of nitrogens with one attached hydrogen (secondary N) is 1. The van der Waals surface area contributed by atoms with Gasteiger partial charge < -0.3 is 15.0 Å². The molecule has 134 valence electrons. The van der Waals surface area contributed by atoms with Crippen molar-refractivity contribution < 1.29 is 14.3 Å². The van der Waals surface area contributed by atoms with Crippen molar-refractivity contribution in [2.75, 3.05) is 26.2 Å². The average Bonchev–Trinajstić information content (AvgIpc) is 3.24. The molecule has 3 aliphatic heterocycles. The molecule has 25 heavy (non-hydrogen) atoms. The number of likely N-dealkylation sites (tertiary alicyclic amines) is 1. The van der Waals surface area contributed by atoms with E-state index in [1.165, 1.54) is 16.0 Å². The molecule has 0 aromatic heterocycles. The van der Waals surface area contributed by atoms with Crippen LogP contribution in [-0.4, -0.2) is 59.6 Å². The third-order valence-electron chi connectivity index (χ3n) is 5.53. The van der Waals surface area contributed by atoms with Crippen LogP contribution in [-0.2, 0) is 17.6 Å². The van der Waals surface area contributed by atoms with Gasteiger partial charge in [-0.25, -0.2) is 4.79 Å². The van der Waals surface area contributed by atoms with Gasteiger partial charge in [0.15, 0.2) is 0 Å². The summed E-state index contributed by atoms with van der Waals surface area (Å²) in [5.41, 5.74) is 1.88. The topological polar surface area (TPSA) is 61.9 Å². The quantitative estimate of drug-likeness (QED) is 0.843. The zero-order valence-corrected chi connectivity index (χ0v) is 14.9. The lowest BCUT2D eigenvalue weighted by Crippen LogP contribution is -2.49. The number of carbonyl (C=O) groups is 2. The van der Waals surface area contributed by atoms with Crippen molar-refractivity contribution in [3.8, 4) is 5.75 Å². The molecule has 4 rings (SSSR count). The summed E-state index contributed by atoms with van der Waals surface area (Å²) in [6.07, 6.45) is 2.62. The van der Waals surface area contributed by atoms with E-state index in [1.54, 1.807) is 0 Å². The van der Waals surface area contributed by atoms with E-state index >= 15 is 0 Å². The first-order chi connectivity index (χ1) is 12.0. The van der Waals surface area contributed by atoms with Crippen LogP contribution in [0, 0.1) is 0 Å². The molecule has 0 bridgehead atoms. The average molecular weight is 343 g/mol. The fourth-order valence-electron chi connectivity index (χ4n) is 4.15. The minimum absolute atomic E-state index is 0.0651. The smallest absolute Gasteiger partial charge is 0.325 e. The Labute approximate surface area is 148 Å². The highest BCUT2D eigenvalue weighted by Crippen LogP contribution is 2.30. The number of rotatable bonds is 4. The van der Waals surface area contributed by atoms with E-state index in [4.69, 9.17) is 4.74 Å². The van der Waals surface area contributed by atoms with Gasteiger partial charge in [-0.1, -0.05) is 12.1 Å². The predicted octanol–water partition coefficient (Wildman–Crippen LogP) is 1.57. The SMILES string of the molecule is CC(C)N1C(=O)N[C@@]2(CCN(CCc3ccc4c(c3)CCO4)C2)C1=O. The van der Waals surface area contributed by atoms with E-state index in [0.717, 1.165) is 38.3 Å². The van der Waals surface area contributed by atoms with Crippen LogP contribution < -0.4 is 10.1 Å². The number of hydrogen-bond acceptors (Lipinski definition) is 4. The lowest BCUT2D eigenvalue weighted by atomic mass is 9.98. The minimum Gasteiger partial charge on any atom is -0.493 e. The summed E-state index contributed by atoms with van der Waals surface area (Å²) in [6.45, 7) is 6.87. The van der Waals surface area contributed by atoms with E-state index in [9.17, 15) is 9.59 Å². The maximum atomic E-state index is 12.7. The normalized spacial score (nSPS) is 25.8. The van der Waals surface area contributed by atoms with Gasteiger partial charge in [0.25, 0.3) is 5.91 Å². The molecule has 0 radical (unpaired) electrons. The van der Waals surface area contributed by atoms with Crippen LogP contribution in [0.2, 0.25) is 0 Å². The molecular weight excluding hydrogens is 318 g/mol. The molecular formula is C19H25N3O3. The minimum atomic E-state index is -0.715. The van der Waals surface area contributed by atoms with Crippen LogP contribution in [0.25, 0.3) is 0 Å². The largest absolute Gasteiger partial charge is 0.493 e. The summed E-state index contributed by atoms with van der Waals surface area (Å²) in [4.78, 5) is 28.5. The van der Waals surface area contributed by atoms with Crippen LogP contribution in [0.4, 0.5) is 4.79 Å².